The number of nitrogens with two attached hydrogens (primary N) is 1. The van der Waals surface area contributed by atoms with Crippen LogP contribution < -0.4 is 15.8 Å². The van der Waals surface area contributed by atoms with E-state index in [2.05, 4.69) is 15.3 Å². The van der Waals surface area contributed by atoms with Gasteiger partial charge in [-0.15, -0.1) is 0 Å². The Morgan fingerprint density at radius 2 is 1.80 bits per heavy atom. The Morgan fingerprint density at radius 3 is 2.52 bits per heavy atom. The van der Waals surface area contributed by atoms with Gasteiger partial charge in [0.1, 0.15) is 5.75 Å². The van der Waals surface area contributed by atoms with Gasteiger partial charge in [0, 0.05) is 41.8 Å². The van der Waals surface area contributed by atoms with Crippen molar-refractivity contribution in [1.82, 2.24) is 9.97 Å². The van der Waals surface area contributed by atoms with Gasteiger partial charge in [0.05, 0.1) is 0 Å². The van der Waals surface area contributed by atoms with E-state index < -0.39 is 5.91 Å². The van der Waals surface area contributed by atoms with Crippen LogP contribution in [-0.2, 0) is 11.3 Å². The normalized spacial score (nSPS) is 10.2. The molecule has 1 aromatic heterocycles. The Kier molecular flexibility index (Phi) is 5.21. The molecule has 0 aliphatic rings. The lowest BCUT2D eigenvalue weighted by Crippen LogP contribution is -2.20. The minimum absolute atomic E-state index is 0.141. The summed E-state index contributed by atoms with van der Waals surface area (Å²) in [6, 6.07) is 17.2. The number of amides is 1. The van der Waals surface area contributed by atoms with Crippen LogP contribution in [0.3, 0.4) is 0 Å². The molecule has 1 heterocycles. The Balaban J connectivity index is 1.60. The second-order valence-electron chi connectivity index (χ2n) is 5.42. The Hall–Kier alpha value is -3.41. The fourth-order valence-corrected chi connectivity index (χ4v) is 2.24. The van der Waals surface area contributed by atoms with Gasteiger partial charge in [-0.25, -0.2) is 9.97 Å². The fourth-order valence-electron chi connectivity index (χ4n) is 2.24. The summed E-state index contributed by atoms with van der Waals surface area (Å²) in [7, 11) is 0. The van der Waals surface area contributed by atoms with Crippen molar-refractivity contribution in [3.05, 3.63) is 72.6 Å². The number of nitrogens with one attached hydrogen (secondary N) is 1. The van der Waals surface area contributed by atoms with E-state index >= 15 is 0 Å². The van der Waals surface area contributed by atoms with E-state index in [4.69, 9.17) is 10.5 Å². The van der Waals surface area contributed by atoms with Gasteiger partial charge < -0.3 is 15.8 Å². The SMILES string of the molecule is NC(=O)COc1cccc(NCc2cnc(-c3ccccc3)nc2)c1. The first-order valence-electron chi connectivity index (χ1n) is 7.82. The molecule has 0 aliphatic heterocycles. The second-order valence-corrected chi connectivity index (χ2v) is 5.42. The smallest absolute Gasteiger partial charge is 0.255 e. The standard InChI is InChI=1S/C19H18N4O2/c20-18(24)13-25-17-8-4-7-16(9-17)21-10-14-11-22-19(23-12-14)15-5-2-1-3-6-15/h1-9,11-12,21H,10,13H2,(H2,20,24). The van der Waals surface area contributed by atoms with E-state index in [1.807, 2.05) is 48.5 Å². The van der Waals surface area contributed by atoms with E-state index in [1.54, 1.807) is 18.5 Å². The number of ether oxygens (including phenoxy) is 1. The molecule has 3 aromatic rings. The first-order chi connectivity index (χ1) is 12.2. The van der Waals surface area contributed by atoms with Crippen LogP contribution in [0.2, 0.25) is 0 Å². The third-order valence-electron chi connectivity index (χ3n) is 3.45. The molecule has 3 N–H and O–H groups in total. The minimum Gasteiger partial charge on any atom is -0.484 e. The highest BCUT2D eigenvalue weighted by Gasteiger charge is 2.02. The zero-order valence-corrected chi connectivity index (χ0v) is 13.6. The lowest BCUT2D eigenvalue weighted by atomic mass is 10.2. The maximum Gasteiger partial charge on any atom is 0.255 e. The number of hydrogen-bond donors (Lipinski definition) is 2. The number of carbonyl (C=O) groups is 1. The predicted octanol–water partition coefficient (Wildman–Crippen LogP) is 2.62. The highest BCUT2D eigenvalue weighted by atomic mass is 16.5. The summed E-state index contributed by atoms with van der Waals surface area (Å²) in [6.07, 6.45) is 3.60. The molecule has 6 heteroatoms. The van der Waals surface area contributed by atoms with Crippen LogP contribution in [0.5, 0.6) is 5.75 Å². The van der Waals surface area contributed by atoms with Gasteiger partial charge in [0.2, 0.25) is 0 Å². The van der Waals surface area contributed by atoms with Gasteiger partial charge in [-0.2, -0.15) is 0 Å². The van der Waals surface area contributed by atoms with Crippen LogP contribution in [0, 0.1) is 0 Å². The summed E-state index contributed by atoms with van der Waals surface area (Å²) in [6.45, 7) is 0.437. The molecule has 0 radical (unpaired) electrons. The van der Waals surface area contributed by atoms with Crippen LogP contribution in [0.25, 0.3) is 11.4 Å². The molecule has 0 saturated carbocycles. The summed E-state index contributed by atoms with van der Waals surface area (Å²) in [5, 5.41) is 3.27. The molecule has 0 atom stereocenters. The van der Waals surface area contributed by atoms with Gasteiger partial charge >= 0.3 is 0 Å². The molecule has 0 unspecified atom stereocenters. The summed E-state index contributed by atoms with van der Waals surface area (Å²) < 4.78 is 5.29. The number of aromatic nitrogens is 2. The molecule has 3 rings (SSSR count). The zero-order chi connectivity index (χ0) is 17.5. The molecule has 2 aromatic carbocycles. The number of benzene rings is 2. The number of primary amides is 1. The lowest BCUT2D eigenvalue weighted by molar-refractivity contribution is -0.119. The second kappa shape index (κ2) is 7.92. The van der Waals surface area contributed by atoms with Crippen LogP contribution in [0.4, 0.5) is 5.69 Å². The summed E-state index contributed by atoms with van der Waals surface area (Å²) in [4.78, 5) is 19.6. The molecule has 0 spiro atoms. The van der Waals surface area contributed by atoms with Gasteiger partial charge in [0.25, 0.3) is 5.91 Å². The van der Waals surface area contributed by atoms with Gasteiger partial charge in [-0.05, 0) is 12.1 Å². The Bertz CT molecular complexity index is 836. The van der Waals surface area contributed by atoms with Crippen molar-refractivity contribution in [2.24, 2.45) is 5.73 Å². The fraction of sp³-hybridized carbons (Fsp3) is 0.105. The highest BCUT2D eigenvalue weighted by molar-refractivity contribution is 5.75. The lowest BCUT2D eigenvalue weighted by Gasteiger charge is -2.09. The summed E-state index contributed by atoms with van der Waals surface area (Å²) >= 11 is 0. The Morgan fingerprint density at radius 1 is 1.04 bits per heavy atom. The number of carbonyl (C=O) groups excluding carboxylic acids is 1. The van der Waals surface area contributed by atoms with E-state index in [0.717, 1.165) is 16.8 Å². The number of anilines is 1. The molecular formula is C19H18N4O2. The number of hydrogen-bond acceptors (Lipinski definition) is 5. The van der Waals surface area contributed by atoms with Crippen molar-refractivity contribution in [2.75, 3.05) is 11.9 Å². The van der Waals surface area contributed by atoms with E-state index in [-0.39, 0.29) is 6.61 Å². The number of nitrogens with zero attached hydrogens (tertiary/aromatic N) is 2. The van der Waals surface area contributed by atoms with Crippen LogP contribution in [-0.4, -0.2) is 22.5 Å². The molecule has 1 amide bonds. The van der Waals surface area contributed by atoms with E-state index in [1.165, 1.54) is 0 Å². The Labute approximate surface area is 145 Å². The molecule has 0 aliphatic carbocycles. The molecule has 0 bridgehead atoms. The monoisotopic (exact) mass is 334 g/mol. The molecule has 0 fully saturated rings. The average Bonchev–Trinajstić information content (AvgIpc) is 2.66. The van der Waals surface area contributed by atoms with Gasteiger partial charge in [-0.3, -0.25) is 4.79 Å². The van der Waals surface area contributed by atoms with Crippen LogP contribution in [0.1, 0.15) is 5.56 Å². The summed E-state index contributed by atoms with van der Waals surface area (Å²) in [5.74, 6) is 0.777. The van der Waals surface area contributed by atoms with E-state index in [0.29, 0.717) is 18.1 Å². The summed E-state index contributed by atoms with van der Waals surface area (Å²) in [5.41, 5.74) is 7.89. The third kappa shape index (κ3) is 4.78. The molecular weight excluding hydrogens is 316 g/mol. The topological polar surface area (TPSA) is 90.1 Å². The first-order valence-corrected chi connectivity index (χ1v) is 7.82. The van der Waals surface area contributed by atoms with Crippen molar-refractivity contribution >= 4 is 11.6 Å². The first kappa shape index (κ1) is 16.4. The minimum atomic E-state index is -0.506. The van der Waals surface area contributed by atoms with Gasteiger partial charge in [-0.1, -0.05) is 36.4 Å². The number of rotatable bonds is 7. The average molecular weight is 334 g/mol. The van der Waals surface area contributed by atoms with Gasteiger partial charge in [0.15, 0.2) is 12.4 Å². The predicted molar refractivity (Wildman–Crippen MR) is 95.9 cm³/mol. The van der Waals surface area contributed by atoms with E-state index in [9.17, 15) is 4.79 Å². The molecule has 6 nitrogen and oxygen atoms in total. The maximum atomic E-state index is 10.8. The zero-order valence-electron chi connectivity index (χ0n) is 13.6. The van der Waals surface area contributed by atoms with Crippen molar-refractivity contribution in [2.45, 2.75) is 6.54 Å². The van der Waals surface area contributed by atoms with Crippen molar-refractivity contribution in [1.29, 1.82) is 0 Å². The maximum absolute atomic E-state index is 10.8. The molecule has 25 heavy (non-hydrogen) atoms. The van der Waals surface area contributed by atoms with Crippen molar-refractivity contribution < 1.29 is 9.53 Å². The molecule has 126 valence electrons. The quantitative estimate of drug-likeness (QED) is 0.693. The largest absolute Gasteiger partial charge is 0.484 e. The van der Waals surface area contributed by atoms with Crippen molar-refractivity contribution in [3.8, 4) is 17.1 Å². The van der Waals surface area contributed by atoms with Crippen molar-refractivity contribution in [3.63, 3.8) is 0 Å². The van der Waals surface area contributed by atoms with Crippen LogP contribution in [0.15, 0.2) is 67.0 Å². The van der Waals surface area contributed by atoms with Crippen LogP contribution >= 0.6 is 0 Å². The molecule has 0 saturated heterocycles. The highest BCUT2D eigenvalue weighted by Crippen LogP contribution is 2.18. The third-order valence-corrected chi connectivity index (χ3v) is 3.45.